The van der Waals surface area contributed by atoms with Crippen molar-refractivity contribution in [3.05, 3.63) is 11.9 Å². The molecule has 0 atom stereocenters. The first-order valence-electron chi connectivity index (χ1n) is 1.87. The first-order valence-corrected chi connectivity index (χ1v) is 2.40. The van der Waals surface area contributed by atoms with Crippen LogP contribution in [0.2, 0.25) is 0 Å². The van der Waals surface area contributed by atoms with Gasteiger partial charge in [-0.25, -0.2) is 13.2 Å². The summed E-state index contributed by atoms with van der Waals surface area (Å²) in [6.07, 6.45) is -2.57. The highest BCUT2D eigenvalue weighted by molar-refractivity contribution is 6.19. The van der Waals surface area contributed by atoms with E-state index in [2.05, 4.69) is 0 Å². The first-order chi connectivity index (χ1) is 3.66. The lowest BCUT2D eigenvalue weighted by Gasteiger charge is -1.86. The zero-order chi connectivity index (χ0) is 6.57. The summed E-state index contributed by atoms with van der Waals surface area (Å²) in [5, 5.41) is 0. The second-order valence-electron chi connectivity index (χ2n) is 1.08. The molecule has 0 aromatic rings. The predicted molar refractivity (Wildman–Crippen MR) is 25.9 cm³/mol. The molecule has 0 fully saturated rings. The van der Waals surface area contributed by atoms with Crippen LogP contribution in [0.3, 0.4) is 0 Å². The van der Waals surface area contributed by atoms with Gasteiger partial charge in [0.15, 0.2) is 0 Å². The van der Waals surface area contributed by atoms with Gasteiger partial charge in [0.2, 0.25) is 0 Å². The molecule has 0 saturated carbocycles. The van der Waals surface area contributed by atoms with Crippen LogP contribution >= 0.6 is 11.6 Å². The van der Waals surface area contributed by atoms with Gasteiger partial charge >= 0.3 is 0 Å². The molecule has 4 heteroatoms. The summed E-state index contributed by atoms with van der Waals surface area (Å²) < 4.78 is 33.8. The molecule has 0 radical (unpaired) electrons. The van der Waals surface area contributed by atoms with E-state index in [1.807, 2.05) is 0 Å². The van der Waals surface area contributed by atoms with Gasteiger partial charge in [-0.15, -0.1) is 11.6 Å². The summed E-state index contributed by atoms with van der Waals surface area (Å²) in [5.41, 5.74) is 0. The molecule has 0 aliphatic carbocycles. The van der Waals surface area contributed by atoms with Gasteiger partial charge in [0.25, 0.3) is 6.43 Å². The van der Waals surface area contributed by atoms with Crippen molar-refractivity contribution < 1.29 is 13.2 Å². The minimum absolute atomic E-state index is 0.174. The number of hydrogen-bond donors (Lipinski definition) is 0. The van der Waals surface area contributed by atoms with E-state index < -0.39 is 18.1 Å². The van der Waals surface area contributed by atoms with E-state index in [9.17, 15) is 13.2 Å². The minimum atomic E-state index is -2.74. The molecule has 0 amide bonds. The molecule has 0 N–H and O–H groups in total. The first kappa shape index (κ1) is 7.82. The maximum atomic E-state index is 11.6. The largest absolute Gasteiger partial charge is 0.259 e. The number of rotatable bonds is 2. The van der Waals surface area contributed by atoms with E-state index in [0.29, 0.717) is 0 Å². The average molecular weight is 145 g/mol. The Morgan fingerprint density at radius 2 is 2.12 bits per heavy atom. The summed E-state index contributed by atoms with van der Waals surface area (Å²) in [6, 6.07) is 0. The van der Waals surface area contributed by atoms with Gasteiger partial charge in [-0.3, -0.25) is 0 Å². The van der Waals surface area contributed by atoms with Gasteiger partial charge in [0, 0.05) is 6.08 Å². The molecule has 48 valence electrons. The molecular formula is C4H4ClF3. The van der Waals surface area contributed by atoms with Crippen molar-refractivity contribution in [1.29, 1.82) is 0 Å². The zero-order valence-electron chi connectivity index (χ0n) is 3.87. The van der Waals surface area contributed by atoms with Crippen LogP contribution in [0.4, 0.5) is 13.2 Å². The van der Waals surface area contributed by atoms with Crippen LogP contribution < -0.4 is 0 Å². The van der Waals surface area contributed by atoms with Gasteiger partial charge in [0.05, 0.1) is 5.88 Å². The Labute approximate surface area is 49.9 Å². The number of hydrogen-bond acceptors (Lipinski definition) is 0. The highest BCUT2D eigenvalue weighted by Crippen LogP contribution is 2.03. The van der Waals surface area contributed by atoms with Gasteiger partial charge in [0.1, 0.15) is 5.83 Å². The summed E-state index contributed by atoms with van der Waals surface area (Å²) in [6.45, 7) is 0. The van der Waals surface area contributed by atoms with Gasteiger partial charge < -0.3 is 0 Å². The number of allylic oxidation sites excluding steroid dienone is 2. The smallest absolute Gasteiger partial charge is 0.211 e. The van der Waals surface area contributed by atoms with E-state index in [4.69, 9.17) is 11.6 Å². The van der Waals surface area contributed by atoms with Crippen molar-refractivity contribution >= 4 is 11.6 Å². The monoisotopic (exact) mass is 144 g/mol. The van der Waals surface area contributed by atoms with Crippen LogP contribution in [0.25, 0.3) is 0 Å². The van der Waals surface area contributed by atoms with Crippen LogP contribution in [-0.2, 0) is 0 Å². The van der Waals surface area contributed by atoms with E-state index in [1.165, 1.54) is 0 Å². The third kappa shape index (κ3) is 3.99. The fourth-order valence-electron chi connectivity index (χ4n) is 0.181. The average Bonchev–Trinajstić information content (AvgIpc) is 1.65. The SMILES string of the molecule is FC(=CC(F)F)CCl. The van der Waals surface area contributed by atoms with Crippen molar-refractivity contribution in [2.45, 2.75) is 6.43 Å². The fraction of sp³-hybridized carbons (Fsp3) is 0.500. The lowest BCUT2D eigenvalue weighted by atomic mass is 10.5. The van der Waals surface area contributed by atoms with Crippen molar-refractivity contribution in [2.75, 3.05) is 5.88 Å². The van der Waals surface area contributed by atoms with Crippen LogP contribution in [0.1, 0.15) is 0 Å². The second kappa shape index (κ2) is 3.78. The van der Waals surface area contributed by atoms with Crippen LogP contribution in [0, 0.1) is 0 Å². The van der Waals surface area contributed by atoms with Gasteiger partial charge in [-0.1, -0.05) is 0 Å². The third-order valence-corrected chi connectivity index (χ3v) is 0.690. The lowest BCUT2D eigenvalue weighted by molar-refractivity contribution is 0.201. The number of alkyl halides is 3. The van der Waals surface area contributed by atoms with E-state index in [0.717, 1.165) is 0 Å². The molecule has 0 unspecified atom stereocenters. The molecular weight excluding hydrogens is 140 g/mol. The van der Waals surface area contributed by atoms with E-state index in [-0.39, 0.29) is 6.08 Å². The molecule has 0 bridgehead atoms. The maximum Gasteiger partial charge on any atom is 0.259 e. The number of halogens is 4. The Morgan fingerprint density at radius 3 is 2.25 bits per heavy atom. The summed E-state index contributed by atoms with van der Waals surface area (Å²) in [5.74, 6) is -1.47. The zero-order valence-corrected chi connectivity index (χ0v) is 4.63. The fourth-order valence-corrected chi connectivity index (χ4v) is 0.270. The lowest BCUT2D eigenvalue weighted by Crippen LogP contribution is -1.84. The molecule has 0 aliphatic rings. The molecule has 0 spiro atoms. The molecule has 0 aromatic carbocycles. The Hall–Kier alpha value is -0.180. The molecule has 0 saturated heterocycles. The Bertz CT molecular complexity index is 89.3. The molecule has 0 aromatic heterocycles. The van der Waals surface area contributed by atoms with Crippen molar-refractivity contribution in [3.8, 4) is 0 Å². The Kier molecular flexibility index (Phi) is 3.69. The molecule has 0 aliphatic heterocycles. The third-order valence-electron chi connectivity index (χ3n) is 0.434. The highest BCUT2D eigenvalue weighted by atomic mass is 35.5. The highest BCUT2D eigenvalue weighted by Gasteiger charge is 1.98. The van der Waals surface area contributed by atoms with E-state index >= 15 is 0 Å². The van der Waals surface area contributed by atoms with Crippen molar-refractivity contribution in [2.24, 2.45) is 0 Å². The van der Waals surface area contributed by atoms with Gasteiger partial charge in [-0.2, -0.15) is 0 Å². The topological polar surface area (TPSA) is 0 Å². The second-order valence-corrected chi connectivity index (χ2v) is 1.35. The quantitative estimate of drug-likeness (QED) is 0.522. The van der Waals surface area contributed by atoms with Crippen molar-refractivity contribution in [3.63, 3.8) is 0 Å². The van der Waals surface area contributed by atoms with Crippen LogP contribution in [0.5, 0.6) is 0 Å². The Morgan fingerprint density at radius 1 is 1.62 bits per heavy atom. The minimum Gasteiger partial charge on any atom is -0.211 e. The van der Waals surface area contributed by atoms with Crippen LogP contribution in [0.15, 0.2) is 11.9 Å². The van der Waals surface area contributed by atoms with Crippen molar-refractivity contribution in [1.82, 2.24) is 0 Å². The molecule has 0 nitrogen and oxygen atoms in total. The summed E-state index contributed by atoms with van der Waals surface area (Å²) >= 11 is 4.82. The van der Waals surface area contributed by atoms with E-state index in [1.54, 1.807) is 0 Å². The normalized spacial score (nSPS) is 12.9. The van der Waals surface area contributed by atoms with Gasteiger partial charge in [-0.05, 0) is 0 Å². The molecule has 0 rings (SSSR count). The predicted octanol–water partition coefficient (Wildman–Crippen LogP) is 2.34. The van der Waals surface area contributed by atoms with Crippen LogP contribution in [-0.4, -0.2) is 12.3 Å². The Balaban J connectivity index is 3.56. The summed E-state index contributed by atoms with van der Waals surface area (Å²) in [7, 11) is 0. The molecule has 0 heterocycles. The summed E-state index contributed by atoms with van der Waals surface area (Å²) in [4.78, 5) is 0. The molecule has 8 heavy (non-hydrogen) atoms. The maximum absolute atomic E-state index is 11.6. The standard InChI is InChI=1S/C4H4ClF3/c5-2-3(6)1-4(7)8/h1,4H,2H2.